The smallest absolute Gasteiger partial charge is 0.251 e. The SMILES string of the molecule is C[C@H](CN)NC(=O)c1cc(F)c(F)c(F)c1.Cl. The minimum Gasteiger partial charge on any atom is -0.348 e. The number of amides is 1. The van der Waals surface area contributed by atoms with Gasteiger partial charge in [-0.15, -0.1) is 12.4 Å². The summed E-state index contributed by atoms with van der Waals surface area (Å²) in [7, 11) is 0. The van der Waals surface area contributed by atoms with Gasteiger partial charge in [-0.1, -0.05) is 0 Å². The van der Waals surface area contributed by atoms with Gasteiger partial charge >= 0.3 is 0 Å². The van der Waals surface area contributed by atoms with Gasteiger partial charge in [-0.25, -0.2) is 13.2 Å². The zero-order valence-electron chi connectivity index (χ0n) is 8.97. The zero-order valence-corrected chi connectivity index (χ0v) is 9.78. The van der Waals surface area contributed by atoms with Crippen molar-refractivity contribution >= 4 is 18.3 Å². The van der Waals surface area contributed by atoms with E-state index in [0.29, 0.717) is 12.1 Å². The molecule has 0 aromatic heterocycles. The van der Waals surface area contributed by atoms with Crippen LogP contribution in [-0.4, -0.2) is 18.5 Å². The molecule has 0 aliphatic rings. The molecule has 1 amide bonds. The van der Waals surface area contributed by atoms with E-state index in [1.807, 2.05) is 0 Å². The lowest BCUT2D eigenvalue weighted by Gasteiger charge is -2.11. The molecular formula is C10H12ClF3N2O. The van der Waals surface area contributed by atoms with Crippen molar-refractivity contribution in [3.63, 3.8) is 0 Å². The quantitative estimate of drug-likeness (QED) is 0.818. The number of nitrogens with one attached hydrogen (secondary N) is 1. The molecule has 0 heterocycles. The molecule has 0 fully saturated rings. The van der Waals surface area contributed by atoms with Crippen molar-refractivity contribution in [2.75, 3.05) is 6.54 Å². The first-order valence-corrected chi connectivity index (χ1v) is 4.61. The lowest BCUT2D eigenvalue weighted by molar-refractivity contribution is 0.0940. The summed E-state index contributed by atoms with van der Waals surface area (Å²) in [6.07, 6.45) is 0. The number of benzene rings is 1. The first kappa shape index (κ1) is 15.7. The van der Waals surface area contributed by atoms with Crippen LogP contribution in [0.4, 0.5) is 13.2 Å². The molecule has 3 N–H and O–H groups in total. The van der Waals surface area contributed by atoms with Crippen LogP contribution in [0, 0.1) is 17.5 Å². The summed E-state index contributed by atoms with van der Waals surface area (Å²) in [4.78, 5) is 11.4. The first-order valence-electron chi connectivity index (χ1n) is 4.61. The van der Waals surface area contributed by atoms with Gasteiger partial charge in [0.25, 0.3) is 5.91 Å². The average Bonchev–Trinajstić information content (AvgIpc) is 2.24. The summed E-state index contributed by atoms with van der Waals surface area (Å²) in [5.74, 6) is -5.09. The van der Waals surface area contributed by atoms with E-state index in [2.05, 4.69) is 5.32 Å². The van der Waals surface area contributed by atoms with E-state index in [1.54, 1.807) is 6.92 Å². The van der Waals surface area contributed by atoms with Crippen molar-refractivity contribution in [3.8, 4) is 0 Å². The van der Waals surface area contributed by atoms with Gasteiger partial charge in [0, 0.05) is 18.2 Å². The Hall–Kier alpha value is -1.27. The van der Waals surface area contributed by atoms with E-state index in [4.69, 9.17) is 5.73 Å². The summed E-state index contributed by atoms with van der Waals surface area (Å²) in [6, 6.07) is 0.942. The molecule has 7 heteroatoms. The number of nitrogens with two attached hydrogens (primary N) is 1. The van der Waals surface area contributed by atoms with Crippen molar-refractivity contribution in [3.05, 3.63) is 35.1 Å². The maximum Gasteiger partial charge on any atom is 0.251 e. The normalized spacial score (nSPS) is 11.6. The molecule has 0 spiro atoms. The number of carbonyl (C=O) groups excluding carboxylic acids is 1. The van der Waals surface area contributed by atoms with E-state index in [9.17, 15) is 18.0 Å². The van der Waals surface area contributed by atoms with Crippen molar-refractivity contribution in [2.45, 2.75) is 13.0 Å². The molecule has 1 aromatic rings. The van der Waals surface area contributed by atoms with Crippen LogP contribution in [0.5, 0.6) is 0 Å². The lowest BCUT2D eigenvalue weighted by Crippen LogP contribution is -2.37. The second kappa shape index (κ2) is 6.46. The van der Waals surface area contributed by atoms with Crippen LogP contribution < -0.4 is 11.1 Å². The van der Waals surface area contributed by atoms with Crippen LogP contribution >= 0.6 is 12.4 Å². The predicted octanol–water partition coefficient (Wildman–Crippen LogP) is 1.60. The molecule has 0 unspecified atom stereocenters. The summed E-state index contributed by atoms with van der Waals surface area (Å²) in [5.41, 5.74) is 4.98. The number of halogens is 4. The molecular weight excluding hydrogens is 257 g/mol. The van der Waals surface area contributed by atoms with E-state index in [0.717, 1.165) is 0 Å². The zero-order chi connectivity index (χ0) is 12.3. The molecule has 0 saturated heterocycles. The third-order valence-electron chi connectivity index (χ3n) is 1.98. The van der Waals surface area contributed by atoms with Crippen molar-refractivity contribution in [1.82, 2.24) is 5.32 Å². The van der Waals surface area contributed by atoms with Crippen LogP contribution in [0.25, 0.3) is 0 Å². The molecule has 1 rings (SSSR count). The van der Waals surface area contributed by atoms with Gasteiger partial charge in [0.2, 0.25) is 0 Å². The molecule has 0 radical (unpaired) electrons. The number of rotatable bonds is 3. The van der Waals surface area contributed by atoms with Gasteiger partial charge in [-0.05, 0) is 19.1 Å². The van der Waals surface area contributed by atoms with E-state index in [1.165, 1.54) is 0 Å². The van der Waals surface area contributed by atoms with Crippen LogP contribution in [0.15, 0.2) is 12.1 Å². The van der Waals surface area contributed by atoms with Gasteiger partial charge < -0.3 is 11.1 Å². The highest BCUT2D eigenvalue weighted by Gasteiger charge is 2.15. The van der Waals surface area contributed by atoms with Crippen LogP contribution in [0.3, 0.4) is 0 Å². The molecule has 0 aliphatic carbocycles. The van der Waals surface area contributed by atoms with E-state index >= 15 is 0 Å². The summed E-state index contributed by atoms with van der Waals surface area (Å²) in [6.45, 7) is 1.83. The first-order chi connectivity index (χ1) is 7.45. The van der Waals surface area contributed by atoms with Crippen molar-refractivity contribution < 1.29 is 18.0 Å². The van der Waals surface area contributed by atoms with Gasteiger partial charge in [-0.3, -0.25) is 4.79 Å². The monoisotopic (exact) mass is 268 g/mol. The molecule has 3 nitrogen and oxygen atoms in total. The predicted molar refractivity (Wildman–Crippen MR) is 59.5 cm³/mol. The average molecular weight is 269 g/mol. The third kappa shape index (κ3) is 3.90. The fourth-order valence-electron chi connectivity index (χ4n) is 1.05. The Morgan fingerprint density at radius 3 is 2.24 bits per heavy atom. The lowest BCUT2D eigenvalue weighted by atomic mass is 10.2. The Morgan fingerprint density at radius 1 is 1.35 bits per heavy atom. The Morgan fingerprint density at radius 2 is 1.82 bits per heavy atom. The molecule has 0 aliphatic heterocycles. The standard InChI is InChI=1S/C10H11F3N2O.ClH/c1-5(4-14)15-10(16)6-2-7(11)9(13)8(12)3-6;/h2-3,5H,4,14H2,1H3,(H,15,16);1H/t5-;/m1./s1. The Balaban J connectivity index is 0.00000256. The van der Waals surface area contributed by atoms with Crippen LogP contribution in [0.1, 0.15) is 17.3 Å². The van der Waals surface area contributed by atoms with Gasteiger partial charge in [-0.2, -0.15) is 0 Å². The number of carbonyl (C=O) groups is 1. The second-order valence-corrected chi connectivity index (χ2v) is 3.36. The number of hydrogen-bond acceptors (Lipinski definition) is 2. The maximum atomic E-state index is 12.8. The van der Waals surface area contributed by atoms with Crippen molar-refractivity contribution in [1.29, 1.82) is 0 Å². The third-order valence-corrected chi connectivity index (χ3v) is 1.98. The van der Waals surface area contributed by atoms with Crippen molar-refractivity contribution in [2.24, 2.45) is 5.73 Å². The largest absolute Gasteiger partial charge is 0.348 e. The Bertz CT molecular complexity index is 392. The fourth-order valence-corrected chi connectivity index (χ4v) is 1.05. The molecule has 0 bridgehead atoms. The topological polar surface area (TPSA) is 55.1 Å². The molecule has 0 saturated carbocycles. The Labute approximate surface area is 103 Å². The minimum atomic E-state index is -1.59. The highest BCUT2D eigenvalue weighted by molar-refractivity contribution is 5.94. The van der Waals surface area contributed by atoms with Crippen LogP contribution in [-0.2, 0) is 0 Å². The maximum absolute atomic E-state index is 12.8. The summed E-state index contributed by atoms with van der Waals surface area (Å²) >= 11 is 0. The number of hydrogen-bond donors (Lipinski definition) is 2. The second-order valence-electron chi connectivity index (χ2n) is 3.36. The fraction of sp³-hybridized carbons (Fsp3) is 0.300. The highest BCUT2D eigenvalue weighted by atomic mass is 35.5. The van der Waals surface area contributed by atoms with Gasteiger partial charge in [0.05, 0.1) is 0 Å². The van der Waals surface area contributed by atoms with Crippen LogP contribution in [0.2, 0.25) is 0 Å². The Kier molecular flexibility index (Phi) is 5.98. The highest BCUT2D eigenvalue weighted by Crippen LogP contribution is 2.13. The van der Waals surface area contributed by atoms with E-state index < -0.39 is 23.4 Å². The molecule has 96 valence electrons. The summed E-state index contributed by atoms with van der Waals surface area (Å²) in [5, 5.41) is 2.40. The minimum absolute atomic E-state index is 0. The van der Waals surface area contributed by atoms with Gasteiger partial charge in [0.15, 0.2) is 17.5 Å². The molecule has 1 aromatic carbocycles. The van der Waals surface area contributed by atoms with E-state index in [-0.39, 0.29) is 30.6 Å². The molecule has 1 atom stereocenters. The summed E-state index contributed by atoms with van der Waals surface area (Å²) < 4.78 is 38.2. The molecule has 17 heavy (non-hydrogen) atoms. The van der Waals surface area contributed by atoms with Gasteiger partial charge in [0.1, 0.15) is 0 Å².